The van der Waals surface area contributed by atoms with E-state index in [9.17, 15) is 19.7 Å². The standard InChI is InChI=1S/C11H15N5O4/c12-8-2-1-7(3-9(8)16(19)20)4-15(5-10(13)17)6-11(14)18/h1-3H,4-6,12H2,(H2,13,17)(H2,14,18). The van der Waals surface area contributed by atoms with Gasteiger partial charge in [-0.25, -0.2) is 0 Å². The van der Waals surface area contributed by atoms with Crippen LogP contribution in [-0.4, -0.2) is 34.7 Å². The fourth-order valence-electron chi connectivity index (χ4n) is 1.71. The van der Waals surface area contributed by atoms with Crippen molar-refractivity contribution in [3.63, 3.8) is 0 Å². The van der Waals surface area contributed by atoms with E-state index in [2.05, 4.69) is 0 Å². The van der Waals surface area contributed by atoms with Crippen molar-refractivity contribution in [2.75, 3.05) is 18.8 Å². The number of carbonyl (C=O) groups excluding carboxylic acids is 2. The van der Waals surface area contributed by atoms with Gasteiger partial charge in [0.05, 0.1) is 18.0 Å². The number of hydrogen-bond donors (Lipinski definition) is 3. The van der Waals surface area contributed by atoms with Crippen molar-refractivity contribution in [2.24, 2.45) is 11.5 Å². The van der Waals surface area contributed by atoms with Crippen LogP contribution in [0.2, 0.25) is 0 Å². The van der Waals surface area contributed by atoms with Crippen LogP contribution >= 0.6 is 0 Å². The Labute approximate surface area is 114 Å². The van der Waals surface area contributed by atoms with E-state index in [-0.39, 0.29) is 31.0 Å². The first-order valence-corrected chi connectivity index (χ1v) is 5.61. The second kappa shape index (κ2) is 6.48. The molecule has 6 N–H and O–H groups in total. The van der Waals surface area contributed by atoms with Crippen molar-refractivity contribution >= 4 is 23.2 Å². The predicted molar refractivity (Wildman–Crippen MR) is 71.2 cm³/mol. The van der Waals surface area contributed by atoms with Gasteiger partial charge < -0.3 is 17.2 Å². The Hall–Kier alpha value is -2.68. The Morgan fingerprint density at radius 3 is 2.20 bits per heavy atom. The van der Waals surface area contributed by atoms with Gasteiger partial charge in [-0.1, -0.05) is 6.07 Å². The zero-order chi connectivity index (χ0) is 15.3. The molecule has 0 saturated heterocycles. The van der Waals surface area contributed by atoms with Crippen LogP contribution in [0.25, 0.3) is 0 Å². The molecule has 1 aromatic rings. The summed E-state index contributed by atoms with van der Waals surface area (Å²) in [5, 5.41) is 10.8. The summed E-state index contributed by atoms with van der Waals surface area (Å²) in [5.41, 5.74) is 15.9. The first kappa shape index (κ1) is 15.4. The molecule has 0 bridgehead atoms. The van der Waals surface area contributed by atoms with Gasteiger partial charge in [0.2, 0.25) is 11.8 Å². The van der Waals surface area contributed by atoms with Gasteiger partial charge in [-0.2, -0.15) is 0 Å². The molecule has 9 heteroatoms. The number of primary amides is 2. The van der Waals surface area contributed by atoms with Gasteiger partial charge in [-0.15, -0.1) is 0 Å². The summed E-state index contributed by atoms with van der Waals surface area (Å²) in [6.07, 6.45) is 0. The molecule has 0 spiro atoms. The summed E-state index contributed by atoms with van der Waals surface area (Å²) in [4.78, 5) is 33.4. The Kier molecular flexibility index (Phi) is 4.98. The molecule has 0 unspecified atom stereocenters. The highest BCUT2D eigenvalue weighted by molar-refractivity contribution is 5.79. The second-order valence-electron chi connectivity index (χ2n) is 4.23. The summed E-state index contributed by atoms with van der Waals surface area (Å²) in [7, 11) is 0. The number of rotatable bonds is 7. The minimum atomic E-state index is -0.629. The Morgan fingerprint density at radius 2 is 1.75 bits per heavy atom. The van der Waals surface area contributed by atoms with E-state index in [1.165, 1.54) is 17.0 Å². The fourth-order valence-corrected chi connectivity index (χ4v) is 1.71. The van der Waals surface area contributed by atoms with Crippen LogP contribution in [0.15, 0.2) is 18.2 Å². The van der Waals surface area contributed by atoms with E-state index in [1.807, 2.05) is 0 Å². The molecule has 2 amide bonds. The van der Waals surface area contributed by atoms with Gasteiger partial charge in [0.1, 0.15) is 5.69 Å². The number of nitrogens with zero attached hydrogens (tertiary/aromatic N) is 2. The molecule has 0 aliphatic rings. The third-order valence-corrected chi connectivity index (χ3v) is 2.46. The van der Waals surface area contributed by atoms with E-state index >= 15 is 0 Å². The summed E-state index contributed by atoms with van der Waals surface area (Å²) < 4.78 is 0. The quantitative estimate of drug-likeness (QED) is 0.328. The number of benzene rings is 1. The van der Waals surface area contributed by atoms with Crippen molar-refractivity contribution in [3.05, 3.63) is 33.9 Å². The van der Waals surface area contributed by atoms with Crippen molar-refractivity contribution in [1.82, 2.24) is 4.90 Å². The predicted octanol–water partition coefficient (Wildman–Crippen LogP) is -1.05. The SMILES string of the molecule is NC(=O)CN(CC(N)=O)Cc1ccc(N)c([N+](=O)[O-])c1. The van der Waals surface area contributed by atoms with Crippen LogP contribution in [0.3, 0.4) is 0 Å². The highest BCUT2D eigenvalue weighted by Gasteiger charge is 2.16. The van der Waals surface area contributed by atoms with Gasteiger partial charge >= 0.3 is 0 Å². The minimum Gasteiger partial charge on any atom is -0.393 e. The molecule has 1 rings (SSSR count). The van der Waals surface area contributed by atoms with Gasteiger partial charge in [-0.05, 0) is 11.6 Å². The average Bonchev–Trinajstić information content (AvgIpc) is 2.29. The van der Waals surface area contributed by atoms with Gasteiger partial charge in [0.25, 0.3) is 5.69 Å². The van der Waals surface area contributed by atoms with E-state index in [0.29, 0.717) is 5.56 Å². The molecular weight excluding hydrogens is 266 g/mol. The second-order valence-corrected chi connectivity index (χ2v) is 4.23. The zero-order valence-electron chi connectivity index (χ0n) is 10.6. The number of nitro benzene ring substituents is 1. The number of amides is 2. The summed E-state index contributed by atoms with van der Waals surface area (Å²) in [5.74, 6) is -1.26. The molecule has 9 nitrogen and oxygen atoms in total. The highest BCUT2D eigenvalue weighted by Crippen LogP contribution is 2.22. The lowest BCUT2D eigenvalue weighted by Gasteiger charge is -2.18. The van der Waals surface area contributed by atoms with Crippen LogP contribution in [0.5, 0.6) is 0 Å². The Balaban J connectivity index is 2.92. The monoisotopic (exact) mass is 281 g/mol. The number of carbonyl (C=O) groups is 2. The van der Waals surface area contributed by atoms with Gasteiger partial charge in [-0.3, -0.25) is 24.6 Å². The van der Waals surface area contributed by atoms with Crippen LogP contribution in [0, 0.1) is 10.1 Å². The van der Waals surface area contributed by atoms with Crippen molar-refractivity contribution in [1.29, 1.82) is 0 Å². The van der Waals surface area contributed by atoms with Crippen LogP contribution in [0.4, 0.5) is 11.4 Å². The Morgan fingerprint density at radius 1 is 1.20 bits per heavy atom. The summed E-state index contributed by atoms with van der Waals surface area (Å²) >= 11 is 0. The van der Waals surface area contributed by atoms with Crippen LogP contribution < -0.4 is 17.2 Å². The van der Waals surface area contributed by atoms with Crippen molar-refractivity contribution in [2.45, 2.75) is 6.54 Å². The third kappa shape index (κ3) is 4.53. The van der Waals surface area contributed by atoms with Crippen LogP contribution in [-0.2, 0) is 16.1 Å². The molecular formula is C11H15N5O4. The average molecular weight is 281 g/mol. The maximum absolute atomic E-state index is 10.9. The van der Waals surface area contributed by atoms with Crippen LogP contribution in [0.1, 0.15) is 5.56 Å². The fraction of sp³-hybridized carbons (Fsp3) is 0.273. The van der Waals surface area contributed by atoms with Gasteiger partial charge in [0, 0.05) is 12.6 Å². The zero-order valence-corrected chi connectivity index (χ0v) is 10.6. The van der Waals surface area contributed by atoms with Gasteiger partial charge in [0.15, 0.2) is 0 Å². The molecule has 0 radical (unpaired) electrons. The number of hydrogen-bond acceptors (Lipinski definition) is 6. The van der Waals surface area contributed by atoms with Crippen molar-refractivity contribution < 1.29 is 14.5 Å². The topological polar surface area (TPSA) is 159 Å². The normalized spacial score (nSPS) is 10.4. The molecule has 108 valence electrons. The first-order valence-electron chi connectivity index (χ1n) is 5.61. The smallest absolute Gasteiger partial charge is 0.292 e. The molecule has 0 aliphatic carbocycles. The molecule has 0 saturated carbocycles. The number of nitrogens with two attached hydrogens (primary N) is 3. The largest absolute Gasteiger partial charge is 0.393 e. The molecule has 1 aromatic carbocycles. The van der Waals surface area contributed by atoms with Crippen molar-refractivity contribution in [3.8, 4) is 0 Å². The molecule has 0 heterocycles. The number of anilines is 1. The summed E-state index contributed by atoms with van der Waals surface area (Å²) in [6.45, 7) is -0.241. The minimum absolute atomic E-state index is 0.0371. The maximum atomic E-state index is 10.9. The van der Waals surface area contributed by atoms with E-state index in [4.69, 9.17) is 17.2 Å². The molecule has 0 atom stereocenters. The molecule has 0 aliphatic heterocycles. The van der Waals surface area contributed by atoms with E-state index in [1.54, 1.807) is 6.07 Å². The number of nitrogen functional groups attached to an aromatic ring is 1. The lowest BCUT2D eigenvalue weighted by Crippen LogP contribution is -2.39. The molecule has 0 fully saturated rings. The summed E-state index contributed by atoms with van der Waals surface area (Å²) in [6, 6.07) is 4.24. The highest BCUT2D eigenvalue weighted by atomic mass is 16.6. The maximum Gasteiger partial charge on any atom is 0.292 e. The lowest BCUT2D eigenvalue weighted by molar-refractivity contribution is -0.384. The first-order chi connectivity index (χ1) is 9.29. The number of nitro groups is 1. The van der Waals surface area contributed by atoms with E-state index in [0.717, 1.165) is 0 Å². The third-order valence-electron chi connectivity index (χ3n) is 2.46. The Bertz CT molecular complexity index is 530. The van der Waals surface area contributed by atoms with E-state index < -0.39 is 16.7 Å². The lowest BCUT2D eigenvalue weighted by atomic mass is 10.1. The molecule has 0 aromatic heterocycles. The molecule has 20 heavy (non-hydrogen) atoms.